The van der Waals surface area contributed by atoms with Crippen molar-refractivity contribution in [3.8, 4) is 0 Å². The second-order valence-electron chi connectivity index (χ2n) is 10.8. The van der Waals surface area contributed by atoms with E-state index in [0.29, 0.717) is 0 Å². The first-order valence-electron chi connectivity index (χ1n) is 15.9. The molecular weight excluding hydrogens is 800 g/mol. The second kappa shape index (κ2) is 23.7. The number of carbonyl (C=O) groups is 10. The summed E-state index contributed by atoms with van der Waals surface area (Å²) in [5.74, 6) is -12.3. The molecule has 0 aromatic heterocycles. The molecule has 0 unspecified atom stereocenters. The van der Waals surface area contributed by atoms with Gasteiger partial charge in [-0.3, -0.25) is 0 Å². The van der Waals surface area contributed by atoms with Gasteiger partial charge in [-0.2, -0.15) is 0 Å². The molecule has 310 valence electrons. The number of hydrogen-bond donors (Lipinski definition) is 10. The van der Waals surface area contributed by atoms with Crippen LogP contribution in [0.15, 0.2) is 121 Å². The Hall–Kier alpha value is -9.20. The fraction of sp³-hybridized carbons (Fsp3) is 0. The molecule has 0 saturated heterocycles. The third-order valence-corrected chi connectivity index (χ3v) is 6.94. The number of hydrogen-bond acceptors (Lipinski definition) is 10. The molecule has 0 bridgehead atoms. The van der Waals surface area contributed by atoms with E-state index in [1.165, 1.54) is 121 Å². The summed E-state index contributed by atoms with van der Waals surface area (Å²) in [5.41, 5.74) is -1.90. The average molecular weight is 831 g/mol. The van der Waals surface area contributed by atoms with Crippen LogP contribution < -0.4 is 0 Å². The highest BCUT2D eigenvalue weighted by Crippen LogP contribution is 2.11. The Balaban J connectivity index is 0.000000375. The Bertz CT molecular complexity index is 1870. The maximum atomic E-state index is 10.5. The lowest BCUT2D eigenvalue weighted by molar-refractivity contribution is 0.0651. The van der Waals surface area contributed by atoms with Gasteiger partial charge in [0.15, 0.2) is 0 Å². The lowest BCUT2D eigenvalue weighted by Crippen LogP contribution is -2.06. The van der Waals surface area contributed by atoms with Crippen molar-refractivity contribution in [2.24, 2.45) is 0 Å². The van der Waals surface area contributed by atoms with Crippen LogP contribution in [0.2, 0.25) is 0 Å². The van der Waals surface area contributed by atoms with Crippen molar-refractivity contribution in [2.45, 2.75) is 0 Å². The summed E-state index contributed by atoms with van der Waals surface area (Å²) in [6.45, 7) is 0. The summed E-state index contributed by atoms with van der Waals surface area (Å²) < 4.78 is 0. The molecule has 0 aliphatic carbocycles. The van der Waals surface area contributed by atoms with Crippen LogP contribution in [-0.2, 0) is 0 Å². The molecule has 10 N–H and O–H groups in total. The highest BCUT2D eigenvalue weighted by atomic mass is 16.4. The Morgan fingerprint density at radius 3 is 0.300 bits per heavy atom. The Kier molecular flexibility index (Phi) is 19.3. The third kappa shape index (κ3) is 15.1. The lowest BCUT2D eigenvalue weighted by atomic mass is 10.1. The Morgan fingerprint density at radius 1 is 0.183 bits per heavy atom. The third-order valence-electron chi connectivity index (χ3n) is 6.94. The summed E-state index contributed by atoms with van der Waals surface area (Å²) in [6, 6.07) is 27.4. The molecule has 20 nitrogen and oxygen atoms in total. The van der Waals surface area contributed by atoms with Crippen molar-refractivity contribution in [2.75, 3.05) is 0 Å². The van der Waals surface area contributed by atoms with Crippen LogP contribution in [-0.4, -0.2) is 111 Å². The summed E-state index contributed by atoms with van der Waals surface area (Å²) in [7, 11) is 0. The molecule has 0 amide bonds. The maximum Gasteiger partial charge on any atom is 0.336 e. The van der Waals surface area contributed by atoms with Crippen molar-refractivity contribution >= 4 is 59.7 Å². The zero-order chi connectivity index (χ0) is 45.7. The fourth-order valence-corrected chi connectivity index (χ4v) is 4.28. The van der Waals surface area contributed by atoms with E-state index in [2.05, 4.69) is 0 Å². The van der Waals surface area contributed by atoms with E-state index in [0.717, 1.165) is 0 Å². The molecule has 5 rings (SSSR count). The number of rotatable bonds is 10. The highest BCUT2D eigenvalue weighted by molar-refractivity contribution is 6.04. The summed E-state index contributed by atoms with van der Waals surface area (Å²) in [4.78, 5) is 105. The molecular formula is C40H30O20. The minimum absolute atomic E-state index is 0.190. The van der Waals surface area contributed by atoms with Gasteiger partial charge in [0.25, 0.3) is 0 Å². The predicted molar refractivity (Wildman–Crippen MR) is 202 cm³/mol. The van der Waals surface area contributed by atoms with Gasteiger partial charge in [0.2, 0.25) is 0 Å². The molecule has 0 aliphatic heterocycles. The van der Waals surface area contributed by atoms with E-state index in [1.807, 2.05) is 0 Å². The van der Waals surface area contributed by atoms with Crippen LogP contribution in [0.5, 0.6) is 0 Å². The van der Waals surface area contributed by atoms with E-state index in [1.54, 1.807) is 0 Å². The summed E-state index contributed by atoms with van der Waals surface area (Å²) in [5, 5.41) is 85.5. The predicted octanol–water partition coefficient (Wildman–Crippen LogP) is 5.42. The highest BCUT2D eigenvalue weighted by Gasteiger charge is 2.17. The van der Waals surface area contributed by atoms with Gasteiger partial charge < -0.3 is 51.1 Å². The van der Waals surface area contributed by atoms with Gasteiger partial charge >= 0.3 is 59.7 Å². The topological polar surface area (TPSA) is 373 Å². The summed E-state index contributed by atoms with van der Waals surface area (Å²) >= 11 is 0. The van der Waals surface area contributed by atoms with Gasteiger partial charge in [0.1, 0.15) is 0 Å². The fourth-order valence-electron chi connectivity index (χ4n) is 4.28. The van der Waals surface area contributed by atoms with Crippen molar-refractivity contribution in [1.29, 1.82) is 0 Å². The van der Waals surface area contributed by atoms with Gasteiger partial charge in [0.05, 0.1) is 55.6 Å². The van der Waals surface area contributed by atoms with E-state index < -0.39 is 59.7 Å². The van der Waals surface area contributed by atoms with Gasteiger partial charge in [-0.15, -0.1) is 0 Å². The van der Waals surface area contributed by atoms with E-state index in [-0.39, 0.29) is 55.6 Å². The number of carboxylic acid groups (broad SMARTS) is 10. The van der Waals surface area contributed by atoms with Gasteiger partial charge in [0, 0.05) is 0 Å². The molecule has 60 heavy (non-hydrogen) atoms. The molecule has 0 saturated carbocycles. The molecule has 20 heteroatoms. The molecule has 0 heterocycles. The molecule has 5 aromatic carbocycles. The normalized spacial score (nSPS) is 9.33. The Labute approximate surface area is 335 Å². The van der Waals surface area contributed by atoms with Crippen molar-refractivity contribution in [3.63, 3.8) is 0 Å². The maximum absolute atomic E-state index is 10.5. The molecule has 0 spiro atoms. The van der Waals surface area contributed by atoms with Crippen LogP contribution >= 0.6 is 0 Å². The van der Waals surface area contributed by atoms with E-state index >= 15 is 0 Å². The number of aromatic carboxylic acids is 10. The van der Waals surface area contributed by atoms with E-state index in [4.69, 9.17) is 51.1 Å². The minimum atomic E-state index is -1.23. The number of carboxylic acids is 10. The molecule has 0 radical (unpaired) electrons. The van der Waals surface area contributed by atoms with Gasteiger partial charge in [-0.05, 0) is 60.7 Å². The number of benzene rings is 5. The summed E-state index contributed by atoms with van der Waals surface area (Å²) in [6.07, 6.45) is 0. The molecule has 5 aromatic rings. The van der Waals surface area contributed by atoms with Crippen molar-refractivity contribution in [1.82, 2.24) is 0 Å². The van der Waals surface area contributed by atoms with Gasteiger partial charge in [-0.1, -0.05) is 60.7 Å². The molecule has 0 atom stereocenters. The smallest absolute Gasteiger partial charge is 0.336 e. The quantitative estimate of drug-likeness (QED) is 0.0840. The molecule has 0 fully saturated rings. The first-order chi connectivity index (χ1) is 28.1. The second-order valence-corrected chi connectivity index (χ2v) is 10.8. The zero-order valence-electron chi connectivity index (χ0n) is 30.1. The van der Waals surface area contributed by atoms with Crippen LogP contribution in [0, 0.1) is 0 Å². The van der Waals surface area contributed by atoms with Crippen LogP contribution in [0.3, 0.4) is 0 Å². The van der Waals surface area contributed by atoms with Crippen molar-refractivity contribution < 1.29 is 99.0 Å². The van der Waals surface area contributed by atoms with Crippen molar-refractivity contribution in [3.05, 3.63) is 177 Å². The zero-order valence-corrected chi connectivity index (χ0v) is 30.1. The standard InChI is InChI=1S/5C8H6O4/c5*9-7(10)5-3-1-2-4-6(5)8(11)12/h5*1-4H,(H,9,10)(H,11,12). The average Bonchev–Trinajstić information content (AvgIpc) is 3.21. The minimum Gasteiger partial charge on any atom is -0.478 e. The lowest BCUT2D eigenvalue weighted by Gasteiger charge is -1.98. The largest absolute Gasteiger partial charge is 0.478 e. The SMILES string of the molecule is O=C(O)c1ccccc1C(=O)O.O=C(O)c1ccccc1C(=O)O.O=C(O)c1ccccc1C(=O)O.O=C(O)c1ccccc1C(=O)O.O=C(O)c1ccccc1C(=O)O. The first kappa shape index (κ1) is 48.8. The molecule has 0 aliphatic rings. The van der Waals surface area contributed by atoms with Gasteiger partial charge in [-0.25, -0.2) is 47.9 Å². The van der Waals surface area contributed by atoms with Crippen LogP contribution in [0.25, 0.3) is 0 Å². The Morgan fingerprint density at radius 2 is 0.250 bits per heavy atom. The monoisotopic (exact) mass is 830 g/mol. The van der Waals surface area contributed by atoms with E-state index in [9.17, 15) is 47.9 Å². The van der Waals surface area contributed by atoms with Crippen LogP contribution in [0.4, 0.5) is 0 Å². The van der Waals surface area contributed by atoms with Crippen LogP contribution in [0.1, 0.15) is 104 Å². The first-order valence-corrected chi connectivity index (χ1v) is 15.9.